The number of thiazole rings is 1. The summed E-state index contributed by atoms with van der Waals surface area (Å²) in [6, 6.07) is 5.49. The number of carbonyl (C=O) groups is 1. The van der Waals surface area contributed by atoms with Gasteiger partial charge >= 0.3 is 6.09 Å². The van der Waals surface area contributed by atoms with E-state index in [9.17, 15) is 4.79 Å². The van der Waals surface area contributed by atoms with Crippen molar-refractivity contribution in [3.8, 4) is 0 Å². The molecular weight excluding hydrogens is 276 g/mol. The average molecular weight is 290 g/mol. The number of aryl methyl sites for hydroxylation is 1. The van der Waals surface area contributed by atoms with Gasteiger partial charge in [0.25, 0.3) is 0 Å². The molecular formula is C13H14N4O2S. The van der Waals surface area contributed by atoms with Gasteiger partial charge < -0.3 is 10.1 Å². The normalized spacial score (nSPS) is 15.1. The van der Waals surface area contributed by atoms with Crippen molar-refractivity contribution in [3.05, 3.63) is 29.3 Å². The summed E-state index contributed by atoms with van der Waals surface area (Å²) in [5, 5.41) is 5.89. The first kappa shape index (κ1) is 12.9. The molecule has 1 aliphatic heterocycles. The minimum atomic E-state index is -0.342. The third-order valence-corrected chi connectivity index (χ3v) is 3.71. The summed E-state index contributed by atoms with van der Waals surface area (Å²) in [5.41, 5.74) is 0.966. The Bertz CT molecular complexity index is 628. The lowest BCUT2D eigenvalue weighted by molar-refractivity contribution is 0.140. The molecule has 6 nitrogen and oxygen atoms in total. The van der Waals surface area contributed by atoms with Crippen LogP contribution >= 0.6 is 11.3 Å². The molecule has 0 atom stereocenters. The average Bonchev–Trinajstić information content (AvgIpc) is 2.85. The van der Waals surface area contributed by atoms with Gasteiger partial charge in [0.15, 0.2) is 5.13 Å². The van der Waals surface area contributed by atoms with Crippen LogP contribution in [0.5, 0.6) is 0 Å². The zero-order valence-electron chi connectivity index (χ0n) is 11.0. The van der Waals surface area contributed by atoms with Crippen LogP contribution in [0.1, 0.15) is 12.1 Å². The Morgan fingerprint density at radius 2 is 2.30 bits per heavy atom. The maximum Gasteiger partial charge on any atom is 0.415 e. The number of aromatic nitrogens is 2. The fourth-order valence-electron chi connectivity index (χ4n) is 1.92. The van der Waals surface area contributed by atoms with E-state index in [4.69, 9.17) is 4.74 Å². The van der Waals surface area contributed by atoms with E-state index in [1.54, 1.807) is 11.0 Å². The number of nitrogens with one attached hydrogen (secondary N) is 1. The molecule has 3 heterocycles. The van der Waals surface area contributed by atoms with Crippen molar-refractivity contribution in [2.24, 2.45) is 0 Å². The van der Waals surface area contributed by atoms with Crippen molar-refractivity contribution in [2.75, 3.05) is 23.4 Å². The van der Waals surface area contributed by atoms with Gasteiger partial charge in [0.1, 0.15) is 11.6 Å². The molecule has 0 aromatic carbocycles. The Morgan fingerprint density at radius 1 is 1.40 bits per heavy atom. The molecule has 1 amide bonds. The Kier molecular flexibility index (Phi) is 3.51. The highest BCUT2D eigenvalue weighted by atomic mass is 32.1. The molecule has 0 saturated carbocycles. The van der Waals surface area contributed by atoms with Gasteiger partial charge in [0, 0.05) is 11.9 Å². The first-order chi connectivity index (χ1) is 9.72. The van der Waals surface area contributed by atoms with Crippen LogP contribution in [0.15, 0.2) is 23.6 Å². The lowest BCUT2D eigenvalue weighted by Gasteiger charge is -2.25. The van der Waals surface area contributed by atoms with Crippen molar-refractivity contribution in [1.29, 1.82) is 0 Å². The first-order valence-corrected chi connectivity index (χ1v) is 7.21. The Balaban J connectivity index is 1.80. The molecule has 1 N–H and O–H groups in total. The molecule has 1 aliphatic rings. The largest absolute Gasteiger partial charge is 0.449 e. The minimum Gasteiger partial charge on any atom is -0.449 e. The summed E-state index contributed by atoms with van der Waals surface area (Å²) in [4.78, 5) is 22.0. The SMILES string of the molecule is Cc1csc(Nc2cccc(N3CCCOC3=O)n2)n1. The number of cyclic esters (lactones) is 1. The van der Waals surface area contributed by atoms with Crippen LogP contribution < -0.4 is 10.2 Å². The van der Waals surface area contributed by atoms with Crippen LogP contribution in [0, 0.1) is 6.92 Å². The molecule has 1 saturated heterocycles. The van der Waals surface area contributed by atoms with Crippen molar-refractivity contribution in [1.82, 2.24) is 9.97 Å². The van der Waals surface area contributed by atoms with Crippen LogP contribution in [0.4, 0.5) is 21.6 Å². The molecule has 0 aliphatic carbocycles. The molecule has 0 radical (unpaired) electrons. The van der Waals surface area contributed by atoms with Crippen LogP contribution in [0.25, 0.3) is 0 Å². The van der Waals surface area contributed by atoms with Crippen molar-refractivity contribution in [3.63, 3.8) is 0 Å². The molecule has 7 heteroatoms. The topological polar surface area (TPSA) is 67.3 Å². The second-order valence-corrected chi connectivity index (χ2v) is 5.28. The van der Waals surface area contributed by atoms with E-state index >= 15 is 0 Å². The molecule has 0 unspecified atom stereocenters. The van der Waals surface area contributed by atoms with Gasteiger partial charge in [-0.1, -0.05) is 6.07 Å². The van der Waals surface area contributed by atoms with Crippen molar-refractivity contribution < 1.29 is 9.53 Å². The van der Waals surface area contributed by atoms with E-state index in [1.807, 2.05) is 24.4 Å². The molecule has 20 heavy (non-hydrogen) atoms. The number of nitrogens with zero attached hydrogens (tertiary/aromatic N) is 3. The Hall–Kier alpha value is -2.15. The Morgan fingerprint density at radius 3 is 3.05 bits per heavy atom. The summed E-state index contributed by atoms with van der Waals surface area (Å²) >= 11 is 1.52. The predicted molar refractivity (Wildman–Crippen MR) is 77.7 cm³/mol. The van der Waals surface area contributed by atoms with E-state index in [-0.39, 0.29) is 6.09 Å². The highest BCUT2D eigenvalue weighted by molar-refractivity contribution is 7.13. The summed E-state index contributed by atoms with van der Waals surface area (Å²) in [7, 11) is 0. The zero-order chi connectivity index (χ0) is 13.9. The number of hydrogen-bond acceptors (Lipinski definition) is 6. The molecule has 104 valence electrons. The van der Waals surface area contributed by atoms with Crippen LogP contribution in [0.2, 0.25) is 0 Å². The van der Waals surface area contributed by atoms with Gasteiger partial charge in [-0.25, -0.2) is 14.8 Å². The molecule has 1 fully saturated rings. The fourth-order valence-corrected chi connectivity index (χ4v) is 2.62. The third kappa shape index (κ3) is 2.72. The van der Waals surface area contributed by atoms with E-state index in [2.05, 4.69) is 15.3 Å². The smallest absolute Gasteiger partial charge is 0.415 e. The fraction of sp³-hybridized carbons (Fsp3) is 0.308. The van der Waals surface area contributed by atoms with E-state index in [1.165, 1.54) is 11.3 Å². The number of anilines is 3. The summed E-state index contributed by atoms with van der Waals surface area (Å²) in [6.07, 6.45) is 0.475. The van der Waals surface area contributed by atoms with E-state index in [0.29, 0.717) is 24.8 Å². The second kappa shape index (κ2) is 5.46. The zero-order valence-corrected chi connectivity index (χ0v) is 11.8. The highest BCUT2D eigenvalue weighted by Crippen LogP contribution is 2.22. The number of pyridine rings is 1. The van der Waals surface area contributed by atoms with E-state index < -0.39 is 0 Å². The van der Waals surface area contributed by atoms with Crippen LogP contribution in [-0.2, 0) is 4.74 Å². The summed E-state index contributed by atoms with van der Waals surface area (Å²) in [5.74, 6) is 1.25. The lowest BCUT2D eigenvalue weighted by Crippen LogP contribution is -2.38. The standard InChI is InChI=1S/C13H14N4O2S/c1-9-8-20-12(14-9)16-10-4-2-5-11(15-10)17-6-3-7-19-13(17)18/h2,4-5,8H,3,6-7H2,1H3,(H,14,15,16). The number of hydrogen-bond donors (Lipinski definition) is 1. The predicted octanol–water partition coefficient (Wildman–Crippen LogP) is 2.94. The molecule has 0 bridgehead atoms. The Labute approximate surface area is 120 Å². The maximum atomic E-state index is 11.7. The van der Waals surface area contributed by atoms with Crippen LogP contribution in [0.3, 0.4) is 0 Å². The van der Waals surface area contributed by atoms with Gasteiger partial charge in [-0.15, -0.1) is 11.3 Å². The van der Waals surface area contributed by atoms with Gasteiger partial charge in [-0.05, 0) is 25.5 Å². The van der Waals surface area contributed by atoms with Gasteiger partial charge in [-0.3, -0.25) is 4.90 Å². The number of carbonyl (C=O) groups excluding carboxylic acids is 1. The quantitative estimate of drug-likeness (QED) is 0.941. The first-order valence-electron chi connectivity index (χ1n) is 6.33. The monoisotopic (exact) mass is 290 g/mol. The highest BCUT2D eigenvalue weighted by Gasteiger charge is 2.22. The van der Waals surface area contributed by atoms with Crippen LogP contribution in [-0.4, -0.2) is 29.2 Å². The van der Waals surface area contributed by atoms with Gasteiger partial charge in [0.2, 0.25) is 0 Å². The number of amides is 1. The molecule has 3 rings (SSSR count). The van der Waals surface area contributed by atoms with Gasteiger partial charge in [0.05, 0.1) is 12.3 Å². The summed E-state index contributed by atoms with van der Waals surface area (Å²) in [6.45, 7) is 3.05. The lowest BCUT2D eigenvalue weighted by atomic mass is 10.3. The minimum absolute atomic E-state index is 0.342. The molecule has 0 spiro atoms. The summed E-state index contributed by atoms with van der Waals surface area (Å²) < 4.78 is 5.02. The van der Waals surface area contributed by atoms with E-state index in [0.717, 1.165) is 17.2 Å². The molecule has 2 aromatic rings. The third-order valence-electron chi connectivity index (χ3n) is 2.84. The molecule has 2 aromatic heterocycles. The van der Waals surface area contributed by atoms with Crippen molar-refractivity contribution >= 4 is 34.2 Å². The van der Waals surface area contributed by atoms with Gasteiger partial charge in [-0.2, -0.15) is 0 Å². The number of rotatable bonds is 3. The number of ether oxygens (including phenoxy) is 1. The van der Waals surface area contributed by atoms with Crippen molar-refractivity contribution in [2.45, 2.75) is 13.3 Å². The maximum absolute atomic E-state index is 11.7. The second-order valence-electron chi connectivity index (χ2n) is 4.42.